The zero-order chi connectivity index (χ0) is 11.6. The fourth-order valence-corrected chi connectivity index (χ4v) is 2.31. The summed E-state index contributed by atoms with van der Waals surface area (Å²) in [4.78, 5) is 3.50. The molecule has 0 aliphatic heterocycles. The predicted octanol–water partition coefficient (Wildman–Crippen LogP) is 1.90. The van der Waals surface area contributed by atoms with E-state index in [0.29, 0.717) is 0 Å². The second kappa shape index (κ2) is 4.61. The van der Waals surface area contributed by atoms with E-state index in [4.69, 9.17) is 5.84 Å². The van der Waals surface area contributed by atoms with Crippen LogP contribution in [0.25, 0.3) is 0 Å². The molecule has 1 rings (SSSR count). The van der Waals surface area contributed by atoms with Crippen LogP contribution in [0.4, 0.5) is 0 Å². The molecule has 15 heavy (non-hydrogen) atoms. The van der Waals surface area contributed by atoms with Gasteiger partial charge in [0.15, 0.2) is 0 Å². The van der Waals surface area contributed by atoms with Crippen molar-refractivity contribution in [2.75, 3.05) is 14.1 Å². The highest BCUT2D eigenvalue weighted by molar-refractivity contribution is 7.10. The van der Waals surface area contributed by atoms with Crippen molar-refractivity contribution in [1.82, 2.24) is 10.3 Å². The van der Waals surface area contributed by atoms with E-state index < -0.39 is 0 Å². The van der Waals surface area contributed by atoms with E-state index in [1.54, 1.807) is 11.3 Å². The van der Waals surface area contributed by atoms with E-state index in [0.717, 1.165) is 0 Å². The summed E-state index contributed by atoms with van der Waals surface area (Å²) >= 11 is 1.76. The molecule has 0 bridgehead atoms. The second-order valence-electron chi connectivity index (χ2n) is 4.64. The van der Waals surface area contributed by atoms with Gasteiger partial charge in [-0.25, -0.2) is 0 Å². The third-order valence-electron chi connectivity index (χ3n) is 3.11. The van der Waals surface area contributed by atoms with Crippen LogP contribution in [0.5, 0.6) is 0 Å². The summed E-state index contributed by atoms with van der Waals surface area (Å²) in [7, 11) is 4.15. The lowest BCUT2D eigenvalue weighted by atomic mass is 9.89. The van der Waals surface area contributed by atoms with Crippen molar-refractivity contribution >= 4 is 11.3 Å². The van der Waals surface area contributed by atoms with Gasteiger partial charge in [0.25, 0.3) is 0 Å². The molecular formula is C11H21N3S. The molecule has 0 aromatic carbocycles. The summed E-state index contributed by atoms with van der Waals surface area (Å²) in [6.45, 7) is 6.49. The standard InChI is InChI=1S/C11H21N3S/c1-8-6-9(7-15-8)10(13-12)11(2,3)14(4)5/h6-7,10,13H,12H2,1-5H3. The third-order valence-corrected chi connectivity index (χ3v) is 3.99. The van der Waals surface area contributed by atoms with Gasteiger partial charge in [-0.2, -0.15) is 0 Å². The van der Waals surface area contributed by atoms with Gasteiger partial charge in [0.1, 0.15) is 0 Å². The van der Waals surface area contributed by atoms with E-state index >= 15 is 0 Å². The fourth-order valence-electron chi connectivity index (χ4n) is 1.58. The quantitative estimate of drug-likeness (QED) is 0.610. The third kappa shape index (κ3) is 2.58. The molecule has 4 heteroatoms. The van der Waals surface area contributed by atoms with Crippen molar-refractivity contribution in [1.29, 1.82) is 0 Å². The lowest BCUT2D eigenvalue weighted by Gasteiger charge is -2.39. The number of hydrazine groups is 1. The average Bonchev–Trinajstić information content (AvgIpc) is 2.52. The molecule has 3 nitrogen and oxygen atoms in total. The van der Waals surface area contributed by atoms with E-state index in [1.165, 1.54) is 10.4 Å². The van der Waals surface area contributed by atoms with Gasteiger partial charge < -0.3 is 4.90 Å². The molecule has 3 N–H and O–H groups in total. The van der Waals surface area contributed by atoms with Crippen LogP contribution in [-0.4, -0.2) is 24.5 Å². The average molecular weight is 227 g/mol. The molecule has 0 amide bonds. The highest BCUT2D eigenvalue weighted by atomic mass is 32.1. The Kier molecular flexibility index (Phi) is 3.89. The van der Waals surface area contributed by atoms with E-state index in [9.17, 15) is 0 Å². The van der Waals surface area contributed by atoms with Crippen LogP contribution in [-0.2, 0) is 0 Å². The molecule has 0 fully saturated rings. The van der Waals surface area contributed by atoms with Crippen molar-refractivity contribution in [2.45, 2.75) is 32.4 Å². The van der Waals surface area contributed by atoms with Crippen LogP contribution in [0.2, 0.25) is 0 Å². The molecular weight excluding hydrogens is 206 g/mol. The van der Waals surface area contributed by atoms with Gasteiger partial charge in [0, 0.05) is 10.4 Å². The van der Waals surface area contributed by atoms with Crippen molar-refractivity contribution in [3.8, 4) is 0 Å². The first kappa shape index (κ1) is 12.6. The minimum absolute atomic E-state index is 0.0116. The number of aryl methyl sites for hydroxylation is 1. The molecule has 1 aromatic rings. The molecule has 0 saturated carbocycles. The molecule has 1 aromatic heterocycles. The monoisotopic (exact) mass is 227 g/mol. The zero-order valence-corrected chi connectivity index (χ0v) is 11.0. The van der Waals surface area contributed by atoms with Crippen LogP contribution >= 0.6 is 11.3 Å². The fraction of sp³-hybridized carbons (Fsp3) is 0.636. The van der Waals surface area contributed by atoms with Crippen molar-refractivity contribution < 1.29 is 0 Å². The molecule has 86 valence electrons. The summed E-state index contributed by atoms with van der Waals surface area (Å²) < 4.78 is 0. The molecule has 0 aliphatic carbocycles. The smallest absolute Gasteiger partial charge is 0.0646 e. The number of nitrogens with two attached hydrogens (primary N) is 1. The van der Waals surface area contributed by atoms with Gasteiger partial charge in [0.05, 0.1) is 6.04 Å². The first-order chi connectivity index (χ1) is 6.89. The zero-order valence-electron chi connectivity index (χ0n) is 10.2. The van der Waals surface area contributed by atoms with Crippen LogP contribution in [0.3, 0.4) is 0 Å². The Bertz CT molecular complexity index is 317. The number of nitrogens with zero attached hydrogens (tertiary/aromatic N) is 1. The molecule has 1 heterocycles. The minimum Gasteiger partial charge on any atom is -0.302 e. The highest BCUT2D eigenvalue weighted by Crippen LogP contribution is 2.31. The second-order valence-corrected chi connectivity index (χ2v) is 5.75. The van der Waals surface area contributed by atoms with Crippen LogP contribution in [0, 0.1) is 6.92 Å². The van der Waals surface area contributed by atoms with E-state index in [1.807, 2.05) is 0 Å². The number of nitrogens with one attached hydrogen (secondary N) is 1. The maximum absolute atomic E-state index is 5.67. The van der Waals surface area contributed by atoms with Gasteiger partial charge in [-0.05, 0) is 51.9 Å². The van der Waals surface area contributed by atoms with E-state index in [-0.39, 0.29) is 11.6 Å². The summed E-state index contributed by atoms with van der Waals surface area (Å²) in [5, 5.41) is 2.17. The first-order valence-electron chi connectivity index (χ1n) is 5.08. The highest BCUT2D eigenvalue weighted by Gasteiger charge is 2.32. The van der Waals surface area contributed by atoms with Crippen molar-refractivity contribution in [2.24, 2.45) is 5.84 Å². The molecule has 0 radical (unpaired) electrons. The Morgan fingerprint density at radius 2 is 2.07 bits per heavy atom. The lowest BCUT2D eigenvalue weighted by Crippen LogP contribution is -2.51. The summed E-state index contributed by atoms with van der Waals surface area (Å²) in [5.74, 6) is 5.67. The summed E-state index contributed by atoms with van der Waals surface area (Å²) in [5.41, 5.74) is 4.17. The van der Waals surface area contributed by atoms with Gasteiger partial charge in [-0.1, -0.05) is 0 Å². The van der Waals surface area contributed by atoms with Crippen LogP contribution < -0.4 is 11.3 Å². The molecule has 0 aliphatic rings. The SMILES string of the molecule is Cc1cc(C(NN)C(C)(C)N(C)C)cs1. The van der Waals surface area contributed by atoms with Crippen LogP contribution in [0.1, 0.15) is 30.3 Å². The van der Waals surface area contributed by atoms with Crippen molar-refractivity contribution in [3.63, 3.8) is 0 Å². The maximum atomic E-state index is 5.67. The first-order valence-corrected chi connectivity index (χ1v) is 5.96. The van der Waals surface area contributed by atoms with Gasteiger partial charge >= 0.3 is 0 Å². The lowest BCUT2D eigenvalue weighted by molar-refractivity contribution is 0.138. The normalized spacial score (nSPS) is 14.6. The maximum Gasteiger partial charge on any atom is 0.0646 e. The molecule has 1 unspecified atom stereocenters. The largest absolute Gasteiger partial charge is 0.302 e. The van der Waals surface area contributed by atoms with Crippen molar-refractivity contribution in [3.05, 3.63) is 21.9 Å². The van der Waals surface area contributed by atoms with E-state index in [2.05, 4.69) is 56.6 Å². The van der Waals surface area contributed by atoms with Crippen LogP contribution in [0.15, 0.2) is 11.4 Å². The van der Waals surface area contributed by atoms with Gasteiger partial charge in [0.2, 0.25) is 0 Å². The number of rotatable bonds is 4. The minimum atomic E-state index is -0.0116. The van der Waals surface area contributed by atoms with Gasteiger partial charge in [-0.15, -0.1) is 11.3 Å². The number of hydrogen-bond donors (Lipinski definition) is 2. The summed E-state index contributed by atoms with van der Waals surface area (Å²) in [6, 6.07) is 2.35. The Balaban J connectivity index is 2.98. The predicted molar refractivity (Wildman–Crippen MR) is 66.9 cm³/mol. The van der Waals surface area contributed by atoms with Gasteiger partial charge in [-0.3, -0.25) is 11.3 Å². The Labute approximate surface area is 96.2 Å². The molecule has 0 spiro atoms. The molecule has 1 atom stereocenters. The Morgan fingerprint density at radius 1 is 1.47 bits per heavy atom. The number of hydrogen-bond acceptors (Lipinski definition) is 4. The summed E-state index contributed by atoms with van der Waals surface area (Å²) in [6.07, 6.45) is 0. The number of likely N-dealkylation sites (N-methyl/N-ethyl adjacent to an activating group) is 1. The Hall–Kier alpha value is -0.420. The molecule has 0 saturated heterocycles. The topological polar surface area (TPSA) is 41.3 Å². The number of thiophene rings is 1. The Morgan fingerprint density at radius 3 is 2.40 bits per heavy atom.